The lowest BCUT2D eigenvalue weighted by molar-refractivity contribution is -0.139. The van der Waals surface area contributed by atoms with Gasteiger partial charge < -0.3 is 20.1 Å². The number of hydrogen-bond acceptors (Lipinski definition) is 5. The summed E-state index contributed by atoms with van der Waals surface area (Å²) < 4.78 is 5.32. The average molecular weight is 487 g/mol. The molecule has 0 bridgehead atoms. The average Bonchev–Trinajstić information content (AvgIpc) is 3.41. The van der Waals surface area contributed by atoms with Crippen LogP contribution in [-0.2, 0) is 27.4 Å². The number of amides is 2. The Balaban J connectivity index is 1.61. The second-order valence-corrected chi connectivity index (χ2v) is 8.29. The Labute approximate surface area is 207 Å². The van der Waals surface area contributed by atoms with Crippen molar-refractivity contribution in [3.63, 3.8) is 0 Å². The number of aromatic amines is 1. The van der Waals surface area contributed by atoms with Gasteiger partial charge in [-0.05, 0) is 35.4 Å². The molecule has 0 aliphatic carbocycles. The van der Waals surface area contributed by atoms with Crippen LogP contribution in [-0.4, -0.2) is 45.1 Å². The molecular weight excluding hydrogens is 460 g/mol. The fraction of sp³-hybridized carbons (Fsp3) is 0.185. The fourth-order valence-corrected chi connectivity index (χ4v) is 3.87. The van der Waals surface area contributed by atoms with Crippen LogP contribution >= 0.6 is 0 Å². The van der Waals surface area contributed by atoms with Crippen molar-refractivity contribution >= 4 is 34.4 Å². The lowest BCUT2D eigenvalue weighted by Crippen LogP contribution is -2.54. The summed E-state index contributed by atoms with van der Waals surface area (Å²) in [7, 11) is 0. The summed E-state index contributed by atoms with van der Waals surface area (Å²) in [5, 5.41) is 14.2. The summed E-state index contributed by atoms with van der Waals surface area (Å²) in [6.07, 6.45) is 2.28. The maximum atomic E-state index is 13.8. The Hall–Kier alpha value is -4.66. The van der Waals surface area contributed by atoms with Crippen molar-refractivity contribution in [3.8, 4) is 0 Å². The van der Waals surface area contributed by atoms with Crippen molar-refractivity contribution in [1.82, 2.24) is 15.3 Å². The van der Waals surface area contributed by atoms with Crippen LogP contribution in [0.15, 0.2) is 85.3 Å². The first-order chi connectivity index (χ1) is 17.4. The quantitative estimate of drug-likeness (QED) is 0.330. The van der Waals surface area contributed by atoms with Crippen LogP contribution in [0.5, 0.6) is 0 Å². The van der Waals surface area contributed by atoms with Gasteiger partial charge in [0.1, 0.15) is 18.7 Å². The molecule has 0 spiro atoms. The molecule has 9 nitrogen and oxygen atoms in total. The van der Waals surface area contributed by atoms with E-state index in [-0.39, 0.29) is 13.0 Å². The molecule has 4 aromatic rings. The van der Waals surface area contributed by atoms with Crippen molar-refractivity contribution in [2.45, 2.75) is 32.0 Å². The van der Waals surface area contributed by atoms with Gasteiger partial charge in [-0.3, -0.25) is 9.69 Å². The third kappa shape index (κ3) is 5.87. The molecule has 4 rings (SSSR count). The van der Waals surface area contributed by atoms with Gasteiger partial charge in [0.2, 0.25) is 0 Å². The van der Waals surface area contributed by atoms with Gasteiger partial charge in [-0.15, -0.1) is 0 Å². The summed E-state index contributed by atoms with van der Waals surface area (Å²) in [6.45, 7) is 1.45. The van der Waals surface area contributed by atoms with E-state index < -0.39 is 30.1 Å². The van der Waals surface area contributed by atoms with Crippen molar-refractivity contribution < 1.29 is 24.2 Å². The SMILES string of the molecule is C[C@H](C(=O)O)N(C(=O)[C@H](Cc1cnc[nH]1)NC(=O)OCc1ccccc1)c1ccc2ccccc2c1. The first-order valence-electron chi connectivity index (χ1n) is 11.4. The zero-order chi connectivity index (χ0) is 25.5. The summed E-state index contributed by atoms with van der Waals surface area (Å²) in [5.74, 6) is -1.77. The third-order valence-corrected chi connectivity index (χ3v) is 5.78. The monoisotopic (exact) mass is 486 g/mol. The molecule has 0 aliphatic rings. The van der Waals surface area contributed by atoms with Crippen molar-refractivity contribution in [1.29, 1.82) is 0 Å². The van der Waals surface area contributed by atoms with Gasteiger partial charge in [-0.1, -0.05) is 60.7 Å². The highest BCUT2D eigenvalue weighted by atomic mass is 16.5. The third-order valence-electron chi connectivity index (χ3n) is 5.78. The van der Waals surface area contributed by atoms with Crippen LogP contribution < -0.4 is 10.2 Å². The number of ether oxygens (including phenoxy) is 1. The van der Waals surface area contributed by atoms with Gasteiger partial charge >= 0.3 is 12.1 Å². The number of nitrogens with one attached hydrogen (secondary N) is 2. The number of nitrogens with zero attached hydrogens (tertiary/aromatic N) is 2. The van der Waals surface area contributed by atoms with Gasteiger partial charge in [0.05, 0.1) is 6.33 Å². The van der Waals surface area contributed by atoms with E-state index in [2.05, 4.69) is 15.3 Å². The molecule has 0 fully saturated rings. The highest BCUT2D eigenvalue weighted by Gasteiger charge is 2.34. The minimum atomic E-state index is -1.19. The zero-order valence-electron chi connectivity index (χ0n) is 19.6. The van der Waals surface area contributed by atoms with E-state index in [9.17, 15) is 19.5 Å². The van der Waals surface area contributed by atoms with Crippen LogP contribution in [0.2, 0.25) is 0 Å². The fourth-order valence-electron chi connectivity index (χ4n) is 3.87. The van der Waals surface area contributed by atoms with Gasteiger partial charge in [0.25, 0.3) is 5.91 Å². The maximum Gasteiger partial charge on any atom is 0.408 e. The number of carboxylic acids is 1. The molecule has 1 aromatic heterocycles. The number of benzene rings is 3. The van der Waals surface area contributed by atoms with Crippen LogP contribution in [0.3, 0.4) is 0 Å². The molecule has 0 aliphatic heterocycles. The number of carbonyl (C=O) groups excluding carboxylic acids is 2. The molecular formula is C27H26N4O5. The molecule has 0 saturated heterocycles. The zero-order valence-corrected chi connectivity index (χ0v) is 19.6. The van der Waals surface area contributed by atoms with E-state index in [0.717, 1.165) is 16.3 Å². The molecule has 1 heterocycles. The Bertz CT molecular complexity index is 1340. The van der Waals surface area contributed by atoms with Crippen LogP contribution in [0.1, 0.15) is 18.2 Å². The van der Waals surface area contributed by atoms with Gasteiger partial charge in [0.15, 0.2) is 0 Å². The minimum Gasteiger partial charge on any atom is -0.480 e. The standard InChI is InChI=1S/C27H26N4O5/c1-18(26(33)34)31(23-12-11-20-9-5-6-10-21(20)13-23)25(32)24(14-22-15-28-17-29-22)30-27(35)36-16-19-7-3-2-4-8-19/h2-13,15,17-18,24H,14,16H2,1H3,(H,28,29)(H,30,35)(H,33,34)/t18-,24+/m1/s1. The molecule has 0 saturated carbocycles. The second-order valence-electron chi connectivity index (χ2n) is 8.29. The lowest BCUT2D eigenvalue weighted by atomic mass is 10.1. The van der Waals surface area contributed by atoms with Crippen molar-refractivity contribution in [2.24, 2.45) is 0 Å². The van der Waals surface area contributed by atoms with Gasteiger partial charge in [-0.2, -0.15) is 0 Å². The predicted molar refractivity (Wildman–Crippen MR) is 134 cm³/mol. The largest absolute Gasteiger partial charge is 0.480 e. The maximum absolute atomic E-state index is 13.8. The molecule has 2 atom stereocenters. The Morgan fingerprint density at radius 3 is 2.44 bits per heavy atom. The predicted octanol–water partition coefficient (Wildman–Crippen LogP) is 3.91. The van der Waals surface area contributed by atoms with Crippen LogP contribution in [0.4, 0.5) is 10.5 Å². The summed E-state index contributed by atoms with van der Waals surface area (Å²) in [5.41, 5.74) is 1.79. The first-order valence-corrected chi connectivity index (χ1v) is 11.4. The molecule has 184 valence electrons. The molecule has 36 heavy (non-hydrogen) atoms. The minimum absolute atomic E-state index is 0.0254. The number of carboxylic acid groups (broad SMARTS) is 1. The van der Waals surface area contributed by atoms with Crippen molar-refractivity contribution in [2.75, 3.05) is 4.90 Å². The van der Waals surface area contributed by atoms with Gasteiger partial charge in [0, 0.05) is 24.0 Å². The summed E-state index contributed by atoms with van der Waals surface area (Å²) in [4.78, 5) is 46.5. The number of aromatic nitrogens is 2. The summed E-state index contributed by atoms with van der Waals surface area (Å²) >= 11 is 0. The molecule has 0 radical (unpaired) electrons. The van der Waals surface area contributed by atoms with E-state index in [1.54, 1.807) is 12.1 Å². The number of hydrogen-bond donors (Lipinski definition) is 3. The topological polar surface area (TPSA) is 125 Å². The highest BCUT2D eigenvalue weighted by Crippen LogP contribution is 2.25. The summed E-state index contributed by atoms with van der Waals surface area (Å²) in [6, 6.07) is 19.7. The molecule has 0 unspecified atom stereocenters. The van der Waals surface area contributed by atoms with E-state index in [0.29, 0.717) is 11.4 Å². The molecule has 2 amide bonds. The molecule has 3 N–H and O–H groups in total. The highest BCUT2D eigenvalue weighted by molar-refractivity contribution is 6.04. The smallest absolute Gasteiger partial charge is 0.408 e. The molecule has 3 aromatic carbocycles. The number of carbonyl (C=O) groups is 3. The number of imidazole rings is 1. The van der Waals surface area contributed by atoms with E-state index in [4.69, 9.17) is 4.74 Å². The van der Waals surface area contributed by atoms with Gasteiger partial charge in [-0.25, -0.2) is 14.6 Å². The van der Waals surface area contributed by atoms with E-state index >= 15 is 0 Å². The first kappa shape index (κ1) is 24.5. The number of anilines is 1. The van der Waals surface area contributed by atoms with E-state index in [1.807, 2.05) is 60.7 Å². The second kappa shape index (κ2) is 11.2. The Morgan fingerprint density at radius 2 is 1.75 bits per heavy atom. The van der Waals surface area contributed by atoms with Crippen LogP contribution in [0.25, 0.3) is 10.8 Å². The number of aliphatic carboxylic acids is 1. The number of fused-ring (bicyclic) bond motifs is 1. The van der Waals surface area contributed by atoms with Crippen molar-refractivity contribution in [3.05, 3.63) is 96.6 Å². The number of rotatable bonds is 9. The lowest BCUT2D eigenvalue weighted by Gasteiger charge is -2.31. The van der Waals surface area contributed by atoms with E-state index in [1.165, 1.54) is 24.3 Å². The number of H-pyrrole nitrogens is 1. The number of alkyl carbamates (subject to hydrolysis) is 1. The molecule has 9 heteroatoms. The Morgan fingerprint density at radius 1 is 1.03 bits per heavy atom. The Kier molecular flexibility index (Phi) is 7.60. The normalized spacial score (nSPS) is 12.5. The van der Waals surface area contributed by atoms with Crippen LogP contribution in [0, 0.1) is 0 Å².